The lowest BCUT2D eigenvalue weighted by Gasteiger charge is -2.30. The quantitative estimate of drug-likeness (QED) is 0.599. The molecule has 0 radical (unpaired) electrons. The van der Waals surface area contributed by atoms with Gasteiger partial charge in [0.05, 0.1) is 24.2 Å². The first-order valence-electron chi connectivity index (χ1n) is 8.72. The Morgan fingerprint density at radius 2 is 2.23 bits per heavy atom. The second kappa shape index (κ2) is 7.94. The topological polar surface area (TPSA) is 117 Å². The van der Waals surface area contributed by atoms with E-state index in [1.54, 1.807) is 24.4 Å². The van der Waals surface area contributed by atoms with Gasteiger partial charge in [-0.05, 0) is 44.5 Å². The van der Waals surface area contributed by atoms with Crippen molar-refractivity contribution in [1.29, 1.82) is 0 Å². The molecule has 3 rings (SSSR count). The van der Waals surface area contributed by atoms with Crippen molar-refractivity contribution in [2.45, 2.75) is 30.9 Å². The van der Waals surface area contributed by atoms with Gasteiger partial charge in [-0.3, -0.25) is 15.1 Å². The van der Waals surface area contributed by atoms with Crippen LogP contribution in [0, 0.1) is 0 Å². The molecule has 2 aromatic heterocycles. The third-order valence-corrected chi connectivity index (χ3v) is 4.89. The number of carboxylic acid groups (broad SMARTS) is 1. The Morgan fingerprint density at radius 3 is 3.00 bits per heavy atom. The zero-order valence-corrected chi connectivity index (χ0v) is 14.7. The summed E-state index contributed by atoms with van der Waals surface area (Å²) in [4.78, 5) is 20.5. The SMILES string of the molecule is COc1ccc2nccc([C@@H](O)CNC3(C(=O)O)CCCNCC3)c2n1. The molecule has 0 saturated carbocycles. The Kier molecular flexibility index (Phi) is 5.65. The molecule has 140 valence electrons. The lowest BCUT2D eigenvalue weighted by Crippen LogP contribution is -2.53. The van der Waals surface area contributed by atoms with Crippen molar-refractivity contribution in [3.05, 3.63) is 30.0 Å². The summed E-state index contributed by atoms with van der Waals surface area (Å²) < 4.78 is 5.15. The summed E-state index contributed by atoms with van der Waals surface area (Å²) in [5, 5.41) is 26.7. The van der Waals surface area contributed by atoms with E-state index in [-0.39, 0.29) is 6.54 Å². The second-order valence-electron chi connectivity index (χ2n) is 6.51. The maximum Gasteiger partial charge on any atom is 0.323 e. The lowest BCUT2D eigenvalue weighted by atomic mass is 9.90. The molecular formula is C18H24N4O4. The van der Waals surface area contributed by atoms with E-state index in [4.69, 9.17) is 4.74 Å². The number of rotatable bonds is 6. The van der Waals surface area contributed by atoms with Gasteiger partial charge in [0, 0.05) is 24.4 Å². The smallest absolute Gasteiger partial charge is 0.323 e. The first-order valence-corrected chi connectivity index (χ1v) is 8.72. The molecule has 2 aromatic rings. The molecule has 0 aliphatic carbocycles. The van der Waals surface area contributed by atoms with E-state index in [0.29, 0.717) is 41.9 Å². The molecule has 1 aliphatic heterocycles. The van der Waals surface area contributed by atoms with Crippen molar-refractivity contribution in [2.24, 2.45) is 0 Å². The fraction of sp³-hybridized carbons (Fsp3) is 0.500. The highest BCUT2D eigenvalue weighted by Gasteiger charge is 2.38. The number of fused-ring (bicyclic) bond motifs is 1. The van der Waals surface area contributed by atoms with Gasteiger partial charge < -0.3 is 20.3 Å². The minimum atomic E-state index is -1.03. The van der Waals surface area contributed by atoms with Crippen LogP contribution >= 0.6 is 0 Å². The highest BCUT2D eigenvalue weighted by Crippen LogP contribution is 2.25. The number of pyridine rings is 2. The summed E-state index contributed by atoms with van der Waals surface area (Å²) >= 11 is 0. The Labute approximate surface area is 151 Å². The summed E-state index contributed by atoms with van der Waals surface area (Å²) in [5.74, 6) is -0.448. The van der Waals surface area contributed by atoms with Crippen molar-refractivity contribution < 1.29 is 19.7 Å². The molecule has 3 heterocycles. The number of ether oxygens (including phenoxy) is 1. The van der Waals surface area contributed by atoms with Crippen molar-refractivity contribution in [3.8, 4) is 5.88 Å². The predicted octanol–water partition coefficient (Wildman–Crippen LogP) is 0.858. The second-order valence-corrected chi connectivity index (χ2v) is 6.51. The monoisotopic (exact) mass is 360 g/mol. The summed E-state index contributed by atoms with van der Waals surface area (Å²) in [6, 6.07) is 5.19. The Hall–Kier alpha value is -2.29. The third kappa shape index (κ3) is 3.77. The molecule has 0 spiro atoms. The van der Waals surface area contributed by atoms with E-state index in [0.717, 1.165) is 13.0 Å². The van der Waals surface area contributed by atoms with Crippen LogP contribution in [-0.2, 0) is 4.79 Å². The maximum absolute atomic E-state index is 11.9. The number of β-amino-alcohol motifs (C(OH)–C–C–N with tert-alkyl or cyclic N) is 1. The molecule has 8 heteroatoms. The van der Waals surface area contributed by atoms with Crippen molar-refractivity contribution in [2.75, 3.05) is 26.7 Å². The van der Waals surface area contributed by atoms with Gasteiger partial charge in [0.25, 0.3) is 0 Å². The minimum Gasteiger partial charge on any atom is -0.481 e. The predicted molar refractivity (Wildman–Crippen MR) is 96.1 cm³/mol. The van der Waals surface area contributed by atoms with Gasteiger partial charge in [0.15, 0.2) is 0 Å². The maximum atomic E-state index is 11.9. The van der Waals surface area contributed by atoms with Crippen molar-refractivity contribution in [1.82, 2.24) is 20.6 Å². The molecule has 0 amide bonds. The molecule has 1 saturated heterocycles. The Bertz CT molecular complexity index is 775. The summed E-state index contributed by atoms with van der Waals surface area (Å²) in [6.07, 6.45) is 2.46. The van der Waals surface area contributed by atoms with Gasteiger partial charge >= 0.3 is 5.97 Å². The third-order valence-electron chi connectivity index (χ3n) is 4.89. The summed E-state index contributed by atoms with van der Waals surface area (Å²) in [5.41, 5.74) is 0.758. The molecule has 1 aliphatic rings. The van der Waals surface area contributed by atoms with Crippen molar-refractivity contribution >= 4 is 17.0 Å². The van der Waals surface area contributed by atoms with Crippen LogP contribution in [-0.4, -0.2) is 58.4 Å². The fourth-order valence-corrected chi connectivity index (χ4v) is 3.35. The molecule has 1 unspecified atom stereocenters. The van der Waals surface area contributed by atoms with Crippen LogP contribution in [0.25, 0.3) is 11.0 Å². The van der Waals surface area contributed by atoms with Gasteiger partial charge in [0.2, 0.25) is 5.88 Å². The number of aliphatic hydroxyl groups is 1. The van der Waals surface area contributed by atoms with Crippen LogP contribution < -0.4 is 15.4 Å². The molecule has 26 heavy (non-hydrogen) atoms. The number of methoxy groups -OCH3 is 1. The fourth-order valence-electron chi connectivity index (χ4n) is 3.35. The zero-order chi connectivity index (χ0) is 18.6. The molecule has 2 atom stereocenters. The van der Waals surface area contributed by atoms with E-state index in [2.05, 4.69) is 20.6 Å². The van der Waals surface area contributed by atoms with Gasteiger partial charge in [-0.2, -0.15) is 0 Å². The number of aliphatic hydroxyl groups excluding tert-OH is 1. The number of aromatic nitrogens is 2. The van der Waals surface area contributed by atoms with Crippen LogP contribution in [0.4, 0.5) is 0 Å². The van der Waals surface area contributed by atoms with Crippen LogP contribution in [0.3, 0.4) is 0 Å². The van der Waals surface area contributed by atoms with Crippen LogP contribution in [0.5, 0.6) is 5.88 Å². The van der Waals surface area contributed by atoms with Gasteiger partial charge in [0.1, 0.15) is 5.54 Å². The Morgan fingerprint density at radius 1 is 1.38 bits per heavy atom. The standard InChI is InChI=1S/C18H24N4O4/c1-26-15-4-3-13-16(22-15)12(5-9-20-13)14(23)11-21-18(17(24)25)6-2-8-19-10-7-18/h3-5,9,14,19,21,23H,2,6-8,10-11H2,1H3,(H,24,25)/t14-,18?/m0/s1. The van der Waals surface area contributed by atoms with E-state index in [9.17, 15) is 15.0 Å². The zero-order valence-electron chi connectivity index (χ0n) is 14.7. The lowest BCUT2D eigenvalue weighted by molar-refractivity contribution is -0.145. The molecule has 0 bridgehead atoms. The largest absolute Gasteiger partial charge is 0.481 e. The highest BCUT2D eigenvalue weighted by molar-refractivity contribution is 5.79. The number of nitrogens with one attached hydrogen (secondary N) is 2. The molecule has 1 fully saturated rings. The van der Waals surface area contributed by atoms with E-state index < -0.39 is 17.6 Å². The molecule has 0 aromatic carbocycles. The van der Waals surface area contributed by atoms with Gasteiger partial charge in [-0.15, -0.1) is 0 Å². The average molecular weight is 360 g/mol. The van der Waals surface area contributed by atoms with Crippen LogP contribution in [0.15, 0.2) is 24.4 Å². The van der Waals surface area contributed by atoms with Gasteiger partial charge in [-0.25, -0.2) is 4.98 Å². The van der Waals surface area contributed by atoms with Crippen LogP contribution in [0.1, 0.15) is 30.9 Å². The average Bonchev–Trinajstić information content (AvgIpc) is 2.92. The molecular weight excluding hydrogens is 336 g/mol. The van der Waals surface area contributed by atoms with Crippen molar-refractivity contribution in [3.63, 3.8) is 0 Å². The number of hydrogen-bond acceptors (Lipinski definition) is 7. The van der Waals surface area contributed by atoms with E-state index in [1.165, 1.54) is 7.11 Å². The van der Waals surface area contributed by atoms with Gasteiger partial charge in [-0.1, -0.05) is 0 Å². The highest BCUT2D eigenvalue weighted by atomic mass is 16.5. The molecule has 8 nitrogen and oxygen atoms in total. The Balaban J connectivity index is 1.82. The van der Waals surface area contributed by atoms with E-state index >= 15 is 0 Å². The minimum absolute atomic E-state index is 0.115. The molecule has 4 N–H and O–H groups in total. The number of carboxylic acids is 1. The van der Waals surface area contributed by atoms with Crippen LogP contribution in [0.2, 0.25) is 0 Å². The number of hydrogen-bond donors (Lipinski definition) is 4. The first kappa shape index (κ1) is 18.5. The number of aliphatic carboxylic acids is 1. The summed E-state index contributed by atoms with van der Waals surface area (Å²) in [7, 11) is 1.53. The van der Waals surface area contributed by atoms with E-state index in [1.807, 2.05) is 0 Å². The first-order chi connectivity index (χ1) is 12.6. The normalized spacial score (nSPS) is 21.9. The summed E-state index contributed by atoms with van der Waals surface area (Å²) in [6.45, 7) is 1.55. The number of nitrogens with zero attached hydrogens (tertiary/aromatic N) is 2. The number of carbonyl (C=O) groups is 1.